The summed E-state index contributed by atoms with van der Waals surface area (Å²) in [6.07, 6.45) is 3.16. The summed E-state index contributed by atoms with van der Waals surface area (Å²) >= 11 is 0. The van der Waals surface area contributed by atoms with E-state index in [4.69, 9.17) is 0 Å². The highest BCUT2D eigenvalue weighted by atomic mass is 32.2. The summed E-state index contributed by atoms with van der Waals surface area (Å²) in [6, 6.07) is 3.37. The molecule has 1 rings (SSSR count). The van der Waals surface area contributed by atoms with Crippen molar-refractivity contribution < 1.29 is 8.42 Å². The van der Waals surface area contributed by atoms with E-state index in [1.807, 2.05) is 0 Å². The van der Waals surface area contributed by atoms with Crippen LogP contribution in [0, 0.1) is 0 Å². The van der Waals surface area contributed by atoms with Crippen LogP contribution in [0.2, 0.25) is 0 Å². The van der Waals surface area contributed by atoms with Gasteiger partial charge in [-0.05, 0) is 17.7 Å². The predicted molar refractivity (Wildman–Crippen MR) is 38.3 cm³/mol. The Morgan fingerprint density at radius 2 is 1.90 bits per heavy atom. The molecule has 3 nitrogen and oxygen atoms in total. The van der Waals surface area contributed by atoms with Crippen LogP contribution in [0.3, 0.4) is 0 Å². The minimum Gasteiger partial charge on any atom is -0.265 e. The van der Waals surface area contributed by atoms with Gasteiger partial charge in [-0.1, -0.05) is 0 Å². The first-order valence-corrected chi connectivity index (χ1v) is 4.16. The molecule has 4 heteroatoms. The summed E-state index contributed by atoms with van der Waals surface area (Å²) in [4.78, 5) is 3.76. The Kier molecular flexibility index (Phi) is 2.39. The van der Waals surface area contributed by atoms with Gasteiger partial charge >= 0.3 is 0 Å². The number of hydrogen-bond donors (Lipinski definition) is 1. The van der Waals surface area contributed by atoms with Crippen LogP contribution in [-0.2, 0) is 16.5 Å². The lowest BCUT2D eigenvalue weighted by Gasteiger charge is -1.89. The molecule has 1 heterocycles. The smallest absolute Gasteiger partial charge is 0.144 e. The van der Waals surface area contributed by atoms with Gasteiger partial charge in [0, 0.05) is 12.4 Å². The summed E-state index contributed by atoms with van der Waals surface area (Å²) in [7, 11) is -2.30. The van der Waals surface area contributed by atoms with Gasteiger partial charge in [-0.15, -0.1) is 0 Å². The fourth-order valence-electron chi connectivity index (χ4n) is 0.637. The molecule has 0 aromatic carbocycles. The average molecular weight is 157 g/mol. The number of thiol groups is 1. The van der Waals surface area contributed by atoms with Crippen molar-refractivity contribution in [2.75, 3.05) is 0 Å². The number of nitrogens with zero attached hydrogens (tertiary/aromatic N) is 1. The van der Waals surface area contributed by atoms with E-state index >= 15 is 0 Å². The fraction of sp³-hybridized carbons (Fsp3) is 0.167. The Bertz CT molecular complexity index is 260. The van der Waals surface area contributed by atoms with Gasteiger partial charge in [0.2, 0.25) is 0 Å². The third-order valence-corrected chi connectivity index (χ3v) is 1.68. The SMILES string of the molecule is O=[SH](=O)Cc1ccncc1. The second kappa shape index (κ2) is 3.31. The van der Waals surface area contributed by atoms with Crippen LogP contribution >= 0.6 is 0 Å². The molecule has 0 aliphatic carbocycles. The van der Waals surface area contributed by atoms with E-state index in [0.29, 0.717) is 0 Å². The average Bonchev–Trinajstić information content (AvgIpc) is 1.88. The van der Waals surface area contributed by atoms with E-state index in [2.05, 4.69) is 4.98 Å². The topological polar surface area (TPSA) is 47.0 Å². The largest absolute Gasteiger partial charge is 0.265 e. The van der Waals surface area contributed by atoms with E-state index in [1.54, 1.807) is 24.5 Å². The molecule has 0 spiro atoms. The van der Waals surface area contributed by atoms with Crippen molar-refractivity contribution >= 4 is 10.7 Å². The van der Waals surface area contributed by atoms with Gasteiger partial charge in [0.15, 0.2) is 0 Å². The third kappa shape index (κ3) is 2.14. The molecule has 0 unspecified atom stereocenters. The van der Waals surface area contributed by atoms with Crippen LogP contribution in [0.15, 0.2) is 24.5 Å². The highest BCUT2D eigenvalue weighted by Gasteiger charge is 1.90. The molecule has 0 atom stereocenters. The normalized spacial score (nSPS) is 10.1. The summed E-state index contributed by atoms with van der Waals surface area (Å²) in [6.45, 7) is 0. The summed E-state index contributed by atoms with van der Waals surface area (Å²) < 4.78 is 20.4. The predicted octanol–water partition coefficient (Wildman–Crippen LogP) is 0.193. The van der Waals surface area contributed by atoms with Gasteiger partial charge in [0.25, 0.3) is 0 Å². The molecule has 0 saturated heterocycles. The molecule has 0 amide bonds. The summed E-state index contributed by atoms with van der Waals surface area (Å²) in [5.41, 5.74) is 0.783. The first kappa shape index (κ1) is 7.21. The van der Waals surface area contributed by atoms with E-state index < -0.39 is 10.7 Å². The minimum absolute atomic E-state index is 0.109. The Labute approximate surface area is 60.7 Å². The molecule has 0 N–H and O–H groups in total. The summed E-state index contributed by atoms with van der Waals surface area (Å²) in [5, 5.41) is 0. The second-order valence-corrected chi connectivity index (χ2v) is 2.83. The Hall–Kier alpha value is -0.900. The molecule has 0 saturated carbocycles. The number of pyridine rings is 1. The van der Waals surface area contributed by atoms with Crippen molar-refractivity contribution in [2.24, 2.45) is 0 Å². The van der Waals surface area contributed by atoms with Crippen molar-refractivity contribution in [2.45, 2.75) is 5.75 Å². The molecule has 0 aliphatic heterocycles. The molecule has 0 aliphatic rings. The van der Waals surface area contributed by atoms with Crippen LogP contribution in [0.5, 0.6) is 0 Å². The lowest BCUT2D eigenvalue weighted by Crippen LogP contribution is -1.85. The lowest BCUT2D eigenvalue weighted by atomic mass is 10.3. The zero-order chi connectivity index (χ0) is 7.40. The maximum Gasteiger partial charge on any atom is 0.144 e. The molecule has 1 aromatic rings. The van der Waals surface area contributed by atoms with Gasteiger partial charge in [-0.2, -0.15) is 0 Å². The fourth-order valence-corrected chi connectivity index (χ4v) is 1.15. The molecule has 0 bridgehead atoms. The van der Waals surface area contributed by atoms with Crippen molar-refractivity contribution in [1.82, 2.24) is 4.98 Å². The van der Waals surface area contributed by atoms with Crippen molar-refractivity contribution in [3.8, 4) is 0 Å². The highest BCUT2D eigenvalue weighted by Crippen LogP contribution is 1.96. The molecular formula is C6H7NO2S. The molecule has 0 fully saturated rings. The van der Waals surface area contributed by atoms with Crippen molar-refractivity contribution in [3.05, 3.63) is 30.1 Å². The van der Waals surface area contributed by atoms with E-state index in [1.165, 1.54) is 0 Å². The number of hydrogen-bond acceptors (Lipinski definition) is 3. The van der Waals surface area contributed by atoms with Crippen LogP contribution in [0.25, 0.3) is 0 Å². The van der Waals surface area contributed by atoms with E-state index in [9.17, 15) is 8.42 Å². The van der Waals surface area contributed by atoms with Crippen LogP contribution in [-0.4, -0.2) is 13.4 Å². The van der Waals surface area contributed by atoms with Crippen LogP contribution < -0.4 is 0 Å². The van der Waals surface area contributed by atoms with Crippen molar-refractivity contribution in [3.63, 3.8) is 0 Å². The molecular weight excluding hydrogens is 150 g/mol. The van der Waals surface area contributed by atoms with Crippen LogP contribution in [0.4, 0.5) is 0 Å². The van der Waals surface area contributed by atoms with Crippen LogP contribution in [0.1, 0.15) is 5.56 Å². The maximum absolute atomic E-state index is 10.2. The Morgan fingerprint density at radius 3 is 2.40 bits per heavy atom. The Morgan fingerprint density at radius 1 is 1.30 bits per heavy atom. The lowest BCUT2D eigenvalue weighted by molar-refractivity contribution is 0.614. The monoisotopic (exact) mass is 157 g/mol. The molecule has 10 heavy (non-hydrogen) atoms. The van der Waals surface area contributed by atoms with Gasteiger partial charge in [-0.3, -0.25) is 4.98 Å². The first-order valence-electron chi connectivity index (χ1n) is 2.80. The number of rotatable bonds is 2. The van der Waals surface area contributed by atoms with E-state index in [-0.39, 0.29) is 5.75 Å². The first-order chi connectivity index (χ1) is 4.79. The third-order valence-electron chi connectivity index (χ3n) is 1.06. The van der Waals surface area contributed by atoms with Gasteiger partial charge in [-0.25, -0.2) is 8.42 Å². The van der Waals surface area contributed by atoms with Gasteiger partial charge in [0.05, 0.1) is 5.75 Å². The minimum atomic E-state index is -2.30. The summed E-state index contributed by atoms with van der Waals surface area (Å²) in [5.74, 6) is 0.109. The highest BCUT2D eigenvalue weighted by molar-refractivity contribution is 7.71. The Balaban J connectivity index is 2.77. The quantitative estimate of drug-likeness (QED) is 0.623. The van der Waals surface area contributed by atoms with Gasteiger partial charge in [0.1, 0.15) is 10.7 Å². The molecule has 54 valence electrons. The molecule has 1 aromatic heterocycles. The van der Waals surface area contributed by atoms with Crippen molar-refractivity contribution in [1.29, 1.82) is 0 Å². The van der Waals surface area contributed by atoms with E-state index in [0.717, 1.165) is 5.56 Å². The maximum atomic E-state index is 10.2. The number of aromatic nitrogens is 1. The second-order valence-electron chi connectivity index (χ2n) is 1.85. The van der Waals surface area contributed by atoms with Gasteiger partial charge < -0.3 is 0 Å². The molecule has 0 radical (unpaired) electrons. The zero-order valence-corrected chi connectivity index (χ0v) is 6.12. The zero-order valence-electron chi connectivity index (χ0n) is 5.23. The standard InChI is InChI=1S/C6H7NO2S/c8-10(9)5-6-1-3-7-4-2-6/h1-4,10H,5H2.